The molecule has 2 rings (SSSR count). The second kappa shape index (κ2) is 5.00. The fourth-order valence-corrected chi connectivity index (χ4v) is 2.39. The van der Waals surface area contributed by atoms with Crippen LogP contribution in [-0.2, 0) is 0 Å². The fourth-order valence-electron chi connectivity index (χ4n) is 1.56. The van der Waals surface area contributed by atoms with Crippen LogP contribution in [0, 0.1) is 17.5 Å². The second-order valence-electron chi connectivity index (χ2n) is 3.73. The Balaban J connectivity index is 2.68. The molecule has 0 amide bonds. The van der Waals surface area contributed by atoms with Gasteiger partial charge >= 0.3 is 0 Å². The maximum absolute atomic E-state index is 13.7. The topological polar surface area (TPSA) is 42.0 Å². The van der Waals surface area contributed by atoms with E-state index in [1.165, 1.54) is 6.92 Å². The molecule has 0 spiro atoms. The number of benzene rings is 1. The highest BCUT2D eigenvalue weighted by Crippen LogP contribution is 2.33. The van der Waals surface area contributed by atoms with Crippen LogP contribution in [0.2, 0.25) is 0 Å². The summed E-state index contributed by atoms with van der Waals surface area (Å²) in [7, 11) is 1.59. The predicted molar refractivity (Wildman–Crippen MR) is 67.0 cm³/mol. The number of halogens is 3. The van der Waals surface area contributed by atoms with E-state index in [0.717, 1.165) is 23.5 Å². The molecule has 0 radical (unpaired) electrons. The molecule has 19 heavy (non-hydrogen) atoms. The third-order valence-corrected chi connectivity index (χ3v) is 3.62. The summed E-state index contributed by atoms with van der Waals surface area (Å²) in [6, 6.07) is 1.87. The number of nitrogens with zero attached hydrogens (tertiary/aromatic N) is 1. The lowest BCUT2D eigenvalue weighted by Crippen LogP contribution is -1.98. The van der Waals surface area contributed by atoms with E-state index < -0.39 is 17.5 Å². The number of ketones is 1. The molecule has 3 nitrogen and oxygen atoms in total. The lowest BCUT2D eigenvalue weighted by Gasteiger charge is -2.03. The summed E-state index contributed by atoms with van der Waals surface area (Å²) in [4.78, 5) is 15.7. The van der Waals surface area contributed by atoms with Gasteiger partial charge in [-0.15, -0.1) is 0 Å². The van der Waals surface area contributed by atoms with Gasteiger partial charge in [0.15, 0.2) is 28.4 Å². The molecular formula is C12H9F3N2OS. The average Bonchev–Trinajstić information content (AvgIpc) is 2.80. The van der Waals surface area contributed by atoms with Crippen molar-refractivity contribution >= 4 is 22.3 Å². The van der Waals surface area contributed by atoms with Gasteiger partial charge in [-0.3, -0.25) is 4.79 Å². The summed E-state index contributed by atoms with van der Waals surface area (Å²) in [5.74, 6) is -4.53. The van der Waals surface area contributed by atoms with Crippen molar-refractivity contribution < 1.29 is 18.0 Å². The van der Waals surface area contributed by atoms with E-state index >= 15 is 0 Å². The molecule has 7 heteroatoms. The molecule has 0 aliphatic heterocycles. The number of hydrogen-bond donors (Lipinski definition) is 1. The van der Waals surface area contributed by atoms with Crippen LogP contribution in [0.25, 0.3) is 11.3 Å². The Bertz CT molecular complexity index is 655. The molecule has 1 N–H and O–H groups in total. The van der Waals surface area contributed by atoms with Crippen molar-refractivity contribution in [3.63, 3.8) is 0 Å². The van der Waals surface area contributed by atoms with Crippen molar-refractivity contribution in [3.05, 3.63) is 34.5 Å². The van der Waals surface area contributed by atoms with E-state index in [2.05, 4.69) is 10.3 Å². The lowest BCUT2D eigenvalue weighted by molar-refractivity contribution is 0.102. The van der Waals surface area contributed by atoms with Gasteiger partial charge in [-0.25, -0.2) is 18.2 Å². The molecule has 0 fully saturated rings. The smallest absolute Gasteiger partial charge is 0.195 e. The first-order valence-corrected chi connectivity index (χ1v) is 6.10. The molecule has 0 saturated carbocycles. The molecule has 0 saturated heterocycles. The zero-order valence-corrected chi connectivity index (χ0v) is 10.9. The van der Waals surface area contributed by atoms with Crippen LogP contribution in [0.1, 0.15) is 16.6 Å². The molecule has 0 aliphatic carbocycles. The molecule has 2 aromatic rings. The maximum atomic E-state index is 13.7. The zero-order valence-electron chi connectivity index (χ0n) is 10.1. The Labute approximate surface area is 111 Å². The van der Waals surface area contributed by atoms with Crippen molar-refractivity contribution in [1.82, 2.24) is 4.98 Å². The first-order chi connectivity index (χ1) is 8.95. The molecule has 1 aromatic heterocycles. The number of hydrogen-bond acceptors (Lipinski definition) is 4. The standard InChI is InChI=1S/C12H9F3N2OS/c1-5(18)11-10(17-12(16-2)19-11)6-3-4-7(13)9(15)8(6)14/h3-4H,1-2H3,(H,16,17). The Hall–Kier alpha value is -1.89. The highest BCUT2D eigenvalue weighted by molar-refractivity contribution is 7.18. The van der Waals surface area contributed by atoms with Gasteiger partial charge < -0.3 is 5.32 Å². The third-order valence-electron chi connectivity index (χ3n) is 2.45. The molecule has 0 bridgehead atoms. The van der Waals surface area contributed by atoms with Crippen LogP contribution in [0.15, 0.2) is 12.1 Å². The first-order valence-electron chi connectivity index (χ1n) is 5.29. The van der Waals surface area contributed by atoms with Gasteiger partial charge in [0, 0.05) is 19.5 Å². The van der Waals surface area contributed by atoms with E-state index in [4.69, 9.17) is 0 Å². The van der Waals surface area contributed by atoms with Crippen LogP contribution >= 0.6 is 11.3 Å². The normalized spacial score (nSPS) is 10.6. The third kappa shape index (κ3) is 2.33. The van der Waals surface area contributed by atoms with Crippen molar-refractivity contribution in [3.8, 4) is 11.3 Å². The summed E-state index contributed by atoms with van der Waals surface area (Å²) in [5.41, 5.74) is -0.222. The number of anilines is 1. The summed E-state index contributed by atoms with van der Waals surface area (Å²) < 4.78 is 39.8. The number of rotatable bonds is 3. The van der Waals surface area contributed by atoms with Crippen molar-refractivity contribution in [1.29, 1.82) is 0 Å². The molecular weight excluding hydrogens is 277 g/mol. The van der Waals surface area contributed by atoms with Crippen molar-refractivity contribution in [2.24, 2.45) is 0 Å². The number of carbonyl (C=O) groups is 1. The summed E-state index contributed by atoms with van der Waals surface area (Å²) in [6.45, 7) is 1.30. The SMILES string of the molecule is CNc1nc(-c2ccc(F)c(F)c2F)c(C(C)=O)s1. The minimum atomic E-state index is -1.58. The van der Waals surface area contributed by atoms with Gasteiger partial charge in [0.2, 0.25) is 0 Å². The molecule has 1 heterocycles. The van der Waals surface area contributed by atoms with Gasteiger partial charge in [-0.05, 0) is 12.1 Å². The van der Waals surface area contributed by atoms with Gasteiger partial charge in [0.05, 0.1) is 10.6 Å². The average molecular weight is 286 g/mol. The molecule has 0 aliphatic rings. The molecule has 100 valence electrons. The van der Waals surface area contributed by atoms with E-state index in [-0.39, 0.29) is 21.9 Å². The van der Waals surface area contributed by atoms with Crippen LogP contribution in [0.5, 0.6) is 0 Å². The number of carbonyl (C=O) groups excluding carboxylic acids is 1. The van der Waals surface area contributed by atoms with E-state index in [1.807, 2.05) is 0 Å². The Kier molecular flexibility index (Phi) is 3.57. The van der Waals surface area contributed by atoms with E-state index in [0.29, 0.717) is 5.13 Å². The van der Waals surface area contributed by atoms with Crippen LogP contribution in [0.3, 0.4) is 0 Å². The van der Waals surface area contributed by atoms with Gasteiger partial charge in [-0.1, -0.05) is 11.3 Å². The van der Waals surface area contributed by atoms with Crippen LogP contribution < -0.4 is 5.32 Å². The largest absolute Gasteiger partial charge is 0.365 e. The van der Waals surface area contributed by atoms with Crippen molar-refractivity contribution in [2.45, 2.75) is 6.92 Å². The Morgan fingerprint density at radius 1 is 1.26 bits per heavy atom. The lowest BCUT2D eigenvalue weighted by atomic mass is 10.1. The summed E-state index contributed by atoms with van der Waals surface area (Å²) >= 11 is 1.03. The molecule has 1 aromatic carbocycles. The van der Waals surface area contributed by atoms with E-state index in [9.17, 15) is 18.0 Å². The van der Waals surface area contributed by atoms with Crippen LogP contribution in [-0.4, -0.2) is 17.8 Å². The summed E-state index contributed by atoms with van der Waals surface area (Å²) in [6.07, 6.45) is 0. The number of nitrogens with one attached hydrogen (secondary N) is 1. The number of thiazole rings is 1. The first kappa shape index (κ1) is 13.5. The molecule has 0 unspecified atom stereocenters. The minimum absolute atomic E-state index is 0.0123. The monoisotopic (exact) mass is 286 g/mol. The van der Waals surface area contributed by atoms with Gasteiger partial charge in [0.25, 0.3) is 0 Å². The van der Waals surface area contributed by atoms with Crippen LogP contribution in [0.4, 0.5) is 18.3 Å². The highest BCUT2D eigenvalue weighted by atomic mass is 32.1. The minimum Gasteiger partial charge on any atom is -0.365 e. The quantitative estimate of drug-likeness (QED) is 0.694. The van der Waals surface area contributed by atoms with Gasteiger partial charge in [-0.2, -0.15) is 0 Å². The molecule has 0 atom stereocenters. The highest BCUT2D eigenvalue weighted by Gasteiger charge is 2.22. The Morgan fingerprint density at radius 3 is 2.53 bits per heavy atom. The number of aromatic nitrogens is 1. The maximum Gasteiger partial charge on any atom is 0.195 e. The van der Waals surface area contributed by atoms with Crippen molar-refractivity contribution in [2.75, 3.05) is 12.4 Å². The zero-order chi connectivity index (χ0) is 14.2. The summed E-state index contributed by atoms with van der Waals surface area (Å²) in [5, 5.41) is 3.12. The van der Waals surface area contributed by atoms with Gasteiger partial charge in [0.1, 0.15) is 0 Å². The fraction of sp³-hybridized carbons (Fsp3) is 0.167. The van der Waals surface area contributed by atoms with E-state index in [1.54, 1.807) is 7.05 Å². The predicted octanol–water partition coefficient (Wildman–Crippen LogP) is 3.47. The second-order valence-corrected chi connectivity index (χ2v) is 4.72. The number of Topliss-reactive ketones (excluding diaryl/α,β-unsaturated/α-hetero) is 1. The Morgan fingerprint density at radius 2 is 1.95 bits per heavy atom.